The molecule has 0 aliphatic carbocycles. The molecule has 2 aromatic carbocycles. The summed E-state index contributed by atoms with van der Waals surface area (Å²) in [6, 6.07) is 5.53. The van der Waals surface area contributed by atoms with E-state index in [1.807, 2.05) is 0 Å². The molecule has 1 nitrogen and oxygen atoms in total. The fourth-order valence-corrected chi connectivity index (χ4v) is 2.16. The zero-order chi connectivity index (χ0) is 15.8. The van der Waals surface area contributed by atoms with Crippen LogP contribution in [-0.2, 0) is 6.18 Å². The standard InChI is InChI=1S/C14H8BrF5O/c15-9-5-6-10(16)11(12(9)17)13(21)7-1-3-8(4-2-7)14(18,19)20/h1-6,13,21H. The molecule has 1 N–H and O–H groups in total. The molecular formula is C14H8BrF5O. The number of halogens is 6. The average Bonchev–Trinajstić information content (AvgIpc) is 2.42. The van der Waals surface area contributed by atoms with Crippen LogP contribution in [-0.4, -0.2) is 5.11 Å². The Hall–Kier alpha value is -1.47. The Morgan fingerprint density at radius 1 is 0.952 bits per heavy atom. The predicted molar refractivity (Wildman–Crippen MR) is 69.6 cm³/mol. The molecule has 0 aromatic heterocycles. The summed E-state index contributed by atoms with van der Waals surface area (Å²) in [4.78, 5) is 0. The molecular weight excluding hydrogens is 359 g/mol. The molecule has 21 heavy (non-hydrogen) atoms. The highest BCUT2D eigenvalue weighted by molar-refractivity contribution is 9.10. The fraction of sp³-hybridized carbons (Fsp3) is 0.143. The number of benzene rings is 2. The van der Waals surface area contributed by atoms with Crippen molar-refractivity contribution in [3.63, 3.8) is 0 Å². The molecule has 0 bridgehead atoms. The number of aliphatic hydroxyl groups excluding tert-OH is 1. The van der Waals surface area contributed by atoms with Crippen LogP contribution in [0.4, 0.5) is 22.0 Å². The van der Waals surface area contributed by atoms with Gasteiger partial charge in [0.25, 0.3) is 0 Å². The van der Waals surface area contributed by atoms with E-state index >= 15 is 0 Å². The van der Waals surface area contributed by atoms with Crippen molar-refractivity contribution in [3.05, 3.63) is 69.2 Å². The number of aliphatic hydroxyl groups is 1. The minimum atomic E-state index is -4.52. The Bertz CT molecular complexity index is 652. The molecule has 0 aliphatic heterocycles. The largest absolute Gasteiger partial charge is 0.416 e. The molecule has 2 rings (SSSR count). The first-order valence-corrected chi connectivity index (χ1v) is 6.49. The lowest BCUT2D eigenvalue weighted by atomic mass is 9.99. The number of hydrogen-bond donors (Lipinski definition) is 1. The third-order valence-corrected chi connectivity index (χ3v) is 3.52. The number of rotatable bonds is 2. The van der Waals surface area contributed by atoms with Crippen molar-refractivity contribution in [1.29, 1.82) is 0 Å². The average molecular weight is 367 g/mol. The molecule has 0 aliphatic rings. The van der Waals surface area contributed by atoms with Crippen molar-refractivity contribution in [2.45, 2.75) is 12.3 Å². The highest BCUT2D eigenvalue weighted by Gasteiger charge is 2.30. The summed E-state index contributed by atoms with van der Waals surface area (Å²) in [5, 5.41) is 9.99. The summed E-state index contributed by atoms with van der Waals surface area (Å²) in [6.45, 7) is 0. The summed E-state index contributed by atoms with van der Waals surface area (Å²) in [6.07, 6.45) is -6.22. The summed E-state index contributed by atoms with van der Waals surface area (Å²) in [5.41, 5.74) is -1.57. The zero-order valence-corrected chi connectivity index (χ0v) is 11.8. The second kappa shape index (κ2) is 5.73. The van der Waals surface area contributed by atoms with Crippen molar-refractivity contribution < 1.29 is 27.1 Å². The topological polar surface area (TPSA) is 20.2 Å². The van der Waals surface area contributed by atoms with Crippen LogP contribution in [0, 0.1) is 11.6 Å². The maximum atomic E-state index is 13.8. The SMILES string of the molecule is OC(c1ccc(C(F)(F)F)cc1)c1c(F)ccc(Br)c1F. The maximum Gasteiger partial charge on any atom is 0.416 e. The van der Waals surface area contributed by atoms with Crippen LogP contribution in [0.25, 0.3) is 0 Å². The molecule has 0 fully saturated rings. The van der Waals surface area contributed by atoms with Gasteiger partial charge in [-0.2, -0.15) is 13.2 Å². The summed E-state index contributed by atoms with van der Waals surface area (Å²) >= 11 is 2.86. The highest BCUT2D eigenvalue weighted by Crippen LogP contribution is 2.33. The van der Waals surface area contributed by atoms with Crippen LogP contribution in [0.1, 0.15) is 22.8 Å². The zero-order valence-electron chi connectivity index (χ0n) is 10.3. The Morgan fingerprint density at radius 3 is 2.05 bits per heavy atom. The second-order valence-electron chi connectivity index (χ2n) is 4.28. The molecule has 1 atom stereocenters. The summed E-state index contributed by atoms with van der Waals surface area (Å²) < 4.78 is 64.7. The smallest absolute Gasteiger partial charge is 0.383 e. The Balaban J connectivity index is 2.41. The third kappa shape index (κ3) is 3.24. The van der Waals surface area contributed by atoms with Crippen molar-refractivity contribution in [2.24, 2.45) is 0 Å². The minimum Gasteiger partial charge on any atom is -0.383 e. The Kier molecular flexibility index (Phi) is 4.34. The Labute approximate surface area is 125 Å². The van der Waals surface area contributed by atoms with E-state index in [-0.39, 0.29) is 10.0 Å². The first-order chi connectivity index (χ1) is 9.71. The molecule has 2 aromatic rings. The quantitative estimate of drug-likeness (QED) is 0.596. The normalized spacial score (nSPS) is 13.3. The van der Waals surface area contributed by atoms with Crippen molar-refractivity contribution >= 4 is 15.9 Å². The minimum absolute atomic E-state index is 0.0427. The predicted octanol–water partition coefficient (Wildman–Crippen LogP) is 4.83. The lowest BCUT2D eigenvalue weighted by Gasteiger charge is -2.15. The van der Waals surface area contributed by atoms with E-state index in [1.165, 1.54) is 0 Å². The van der Waals surface area contributed by atoms with Gasteiger partial charge in [-0.3, -0.25) is 0 Å². The van der Waals surface area contributed by atoms with Gasteiger partial charge in [-0.05, 0) is 45.8 Å². The van der Waals surface area contributed by atoms with E-state index in [9.17, 15) is 27.1 Å². The molecule has 0 saturated carbocycles. The Morgan fingerprint density at radius 2 is 1.52 bits per heavy atom. The molecule has 7 heteroatoms. The first kappa shape index (κ1) is 15.9. The van der Waals surface area contributed by atoms with Gasteiger partial charge in [0.15, 0.2) is 0 Å². The van der Waals surface area contributed by atoms with Gasteiger partial charge in [0, 0.05) is 0 Å². The van der Waals surface area contributed by atoms with E-state index in [0.29, 0.717) is 0 Å². The van der Waals surface area contributed by atoms with Crippen LogP contribution >= 0.6 is 15.9 Å². The highest BCUT2D eigenvalue weighted by atomic mass is 79.9. The second-order valence-corrected chi connectivity index (χ2v) is 5.13. The molecule has 0 saturated heterocycles. The van der Waals surface area contributed by atoms with E-state index in [1.54, 1.807) is 0 Å². The van der Waals surface area contributed by atoms with Crippen LogP contribution in [0.5, 0.6) is 0 Å². The maximum absolute atomic E-state index is 13.8. The molecule has 1 unspecified atom stereocenters. The van der Waals surface area contributed by atoms with Crippen LogP contribution < -0.4 is 0 Å². The van der Waals surface area contributed by atoms with E-state index in [2.05, 4.69) is 15.9 Å². The summed E-state index contributed by atoms with van der Waals surface area (Å²) in [7, 11) is 0. The van der Waals surface area contributed by atoms with Gasteiger partial charge < -0.3 is 5.11 Å². The van der Waals surface area contributed by atoms with Gasteiger partial charge in [-0.25, -0.2) is 8.78 Å². The molecule has 0 heterocycles. The van der Waals surface area contributed by atoms with Crippen LogP contribution in [0.3, 0.4) is 0 Å². The van der Waals surface area contributed by atoms with E-state index < -0.39 is 35.0 Å². The molecule has 0 radical (unpaired) electrons. The van der Waals surface area contributed by atoms with Crippen LogP contribution in [0.2, 0.25) is 0 Å². The van der Waals surface area contributed by atoms with Gasteiger partial charge in [-0.1, -0.05) is 12.1 Å². The van der Waals surface area contributed by atoms with E-state index in [0.717, 1.165) is 36.4 Å². The fourth-order valence-electron chi connectivity index (χ4n) is 1.81. The van der Waals surface area contributed by atoms with Gasteiger partial charge in [-0.15, -0.1) is 0 Å². The molecule has 0 spiro atoms. The first-order valence-electron chi connectivity index (χ1n) is 5.70. The molecule has 112 valence electrons. The lowest BCUT2D eigenvalue weighted by molar-refractivity contribution is -0.137. The number of hydrogen-bond acceptors (Lipinski definition) is 1. The van der Waals surface area contributed by atoms with Gasteiger partial charge in [0.05, 0.1) is 15.6 Å². The van der Waals surface area contributed by atoms with Gasteiger partial charge >= 0.3 is 6.18 Å². The van der Waals surface area contributed by atoms with Crippen molar-refractivity contribution in [2.75, 3.05) is 0 Å². The summed E-state index contributed by atoms with van der Waals surface area (Å²) in [5.74, 6) is -1.98. The molecule has 0 amide bonds. The number of alkyl halides is 3. The van der Waals surface area contributed by atoms with Crippen LogP contribution in [0.15, 0.2) is 40.9 Å². The third-order valence-electron chi connectivity index (χ3n) is 2.91. The lowest BCUT2D eigenvalue weighted by Crippen LogP contribution is -2.08. The van der Waals surface area contributed by atoms with Crippen molar-refractivity contribution in [3.8, 4) is 0 Å². The van der Waals surface area contributed by atoms with E-state index in [4.69, 9.17) is 0 Å². The van der Waals surface area contributed by atoms with Crippen molar-refractivity contribution in [1.82, 2.24) is 0 Å². The monoisotopic (exact) mass is 366 g/mol. The van der Waals surface area contributed by atoms with Gasteiger partial charge in [0.2, 0.25) is 0 Å². The van der Waals surface area contributed by atoms with Gasteiger partial charge in [0.1, 0.15) is 17.7 Å².